The number of nitrogens with zero attached hydrogens (tertiary/aromatic N) is 2. The Bertz CT molecular complexity index is 300. The van der Waals surface area contributed by atoms with Gasteiger partial charge in [0.15, 0.2) is 0 Å². The van der Waals surface area contributed by atoms with Crippen LogP contribution in [0.4, 0.5) is 0 Å². The molecule has 84 valence electrons. The van der Waals surface area contributed by atoms with E-state index in [1.54, 1.807) is 0 Å². The molecule has 3 heteroatoms. The Hall–Kier alpha value is -0.830. The van der Waals surface area contributed by atoms with Gasteiger partial charge in [-0.2, -0.15) is 5.10 Å². The maximum atomic E-state index is 4.35. The number of hydrogen-bond donors (Lipinski definition) is 1. The zero-order valence-corrected chi connectivity index (χ0v) is 9.74. The van der Waals surface area contributed by atoms with Crippen LogP contribution in [0.3, 0.4) is 0 Å². The van der Waals surface area contributed by atoms with Crippen LogP contribution in [0.15, 0.2) is 12.4 Å². The van der Waals surface area contributed by atoms with E-state index >= 15 is 0 Å². The van der Waals surface area contributed by atoms with Gasteiger partial charge >= 0.3 is 0 Å². The molecule has 1 atom stereocenters. The molecule has 0 aliphatic heterocycles. The van der Waals surface area contributed by atoms with Crippen LogP contribution >= 0.6 is 0 Å². The molecule has 1 unspecified atom stereocenters. The van der Waals surface area contributed by atoms with E-state index in [-0.39, 0.29) is 0 Å². The maximum Gasteiger partial charge on any atom is 0.0537 e. The summed E-state index contributed by atoms with van der Waals surface area (Å²) >= 11 is 0. The summed E-state index contributed by atoms with van der Waals surface area (Å²) in [5.74, 6) is 0.810. The molecule has 2 rings (SSSR count). The number of rotatable bonds is 4. The molecule has 0 spiro atoms. The van der Waals surface area contributed by atoms with E-state index < -0.39 is 0 Å². The first kappa shape index (κ1) is 10.7. The lowest BCUT2D eigenvalue weighted by Gasteiger charge is -2.21. The van der Waals surface area contributed by atoms with Gasteiger partial charge in [0.05, 0.1) is 6.20 Å². The van der Waals surface area contributed by atoms with Gasteiger partial charge in [-0.3, -0.25) is 4.68 Å². The van der Waals surface area contributed by atoms with E-state index in [1.807, 2.05) is 10.9 Å². The molecule has 1 fully saturated rings. The van der Waals surface area contributed by atoms with Crippen LogP contribution in [0.5, 0.6) is 0 Å². The molecular weight excluding hydrogens is 186 g/mol. The van der Waals surface area contributed by atoms with Crippen molar-refractivity contribution >= 4 is 0 Å². The van der Waals surface area contributed by atoms with E-state index in [9.17, 15) is 0 Å². The first-order chi connectivity index (χ1) is 7.35. The summed E-state index contributed by atoms with van der Waals surface area (Å²) in [6.45, 7) is 3.09. The van der Waals surface area contributed by atoms with E-state index in [0.717, 1.165) is 12.5 Å². The van der Waals surface area contributed by atoms with Gasteiger partial charge in [-0.05, 0) is 32.7 Å². The largest absolute Gasteiger partial charge is 0.313 e. The lowest BCUT2D eigenvalue weighted by molar-refractivity contribution is 0.390. The zero-order valence-electron chi connectivity index (χ0n) is 9.74. The Morgan fingerprint density at radius 3 is 2.80 bits per heavy atom. The molecule has 15 heavy (non-hydrogen) atoms. The van der Waals surface area contributed by atoms with E-state index in [4.69, 9.17) is 0 Å². The molecule has 3 nitrogen and oxygen atoms in total. The van der Waals surface area contributed by atoms with Crippen LogP contribution in [0.2, 0.25) is 0 Å². The van der Waals surface area contributed by atoms with Crippen molar-refractivity contribution < 1.29 is 0 Å². The lowest BCUT2D eigenvalue weighted by atomic mass is 9.94. The van der Waals surface area contributed by atoms with Crippen LogP contribution in [-0.4, -0.2) is 16.8 Å². The maximum absolute atomic E-state index is 4.35. The molecule has 1 heterocycles. The summed E-state index contributed by atoms with van der Waals surface area (Å²) in [7, 11) is 2.06. The quantitative estimate of drug-likeness (QED) is 0.821. The van der Waals surface area contributed by atoms with Gasteiger partial charge in [0.25, 0.3) is 0 Å². The second kappa shape index (κ2) is 4.79. The van der Waals surface area contributed by atoms with Gasteiger partial charge in [0, 0.05) is 24.3 Å². The number of aromatic nitrogens is 2. The van der Waals surface area contributed by atoms with Crippen LogP contribution in [0.1, 0.15) is 44.2 Å². The molecule has 0 radical (unpaired) electrons. The highest BCUT2D eigenvalue weighted by molar-refractivity contribution is 5.12. The monoisotopic (exact) mass is 207 g/mol. The van der Waals surface area contributed by atoms with Crippen molar-refractivity contribution in [3.8, 4) is 0 Å². The van der Waals surface area contributed by atoms with Crippen LogP contribution in [-0.2, 0) is 6.54 Å². The minimum Gasteiger partial charge on any atom is -0.313 e. The standard InChI is InChI=1S/C12H21N3/c1-3-15-9-11(8-14-15)12(13-2)10-6-4-5-7-10/h8-10,12-13H,3-7H2,1-2H3. The molecule has 0 amide bonds. The second-order valence-electron chi connectivity index (χ2n) is 4.44. The number of aryl methyl sites for hydroxylation is 1. The van der Waals surface area contributed by atoms with E-state index in [1.165, 1.54) is 31.2 Å². The smallest absolute Gasteiger partial charge is 0.0537 e. The Balaban J connectivity index is 2.10. The third kappa shape index (κ3) is 2.23. The van der Waals surface area contributed by atoms with Gasteiger partial charge < -0.3 is 5.32 Å². The minimum absolute atomic E-state index is 0.507. The van der Waals surface area contributed by atoms with Crippen LogP contribution in [0, 0.1) is 5.92 Å². The summed E-state index contributed by atoms with van der Waals surface area (Å²) in [6.07, 6.45) is 9.71. The molecule has 1 aromatic heterocycles. The van der Waals surface area contributed by atoms with Gasteiger partial charge in [-0.1, -0.05) is 12.8 Å². The van der Waals surface area contributed by atoms with Crippen molar-refractivity contribution in [1.29, 1.82) is 0 Å². The van der Waals surface area contributed by atoms with Crippen molar-refractivity contribution in [2.24, 2.45) is 5.92 Å². The topological polar surface area (TPSA) is 29.9 Å². The first-order valence-electron chi connectivity index (χ1n) is 6.04. The van der Waals surface area contributed by atoms with Crippen molar-refractivity contribution in [2.45, 2.75) is 45.2 Å². The molecule has 1 aliphatic carbocycles. The average molecular weight is 207 g/mol. The second-order valence-corrected chi connectivity index (χ2v) is 4.44. The SMILES string of the molecule is CCn1cc(C(NC)C2CCCC2)cn1. The Kier molecular flexibility index (Phi) is 3.41. The molecule has 0 saturated heterocycles. The third-order valence-corrected chi connectivity index (χ3v) is 3.52. The van der Waals surface area contributed by atoms with Crippen molar-refractivity contribution in [3.63, 3.8) is 0 Å². The van der Waals surface area contributed by atoms with Gasteiger partial charge in [0.2, 0.25) is 0 Å². The number of nitrogens with one attached hydrogen (secondary N) is 1. The fourth-order valence-electron chi connectivity index (χ4n) is 2.68. The molecular formula is C12H21N3. The molecule has 0 bridgehead atoms. The average Bonchev–Trinajstić information content (AvgIpc) is 2.89. The van der Waals surface area contributed by atoms with Crippen LogP contribution in [0.25, 0.3) is 0 Å². The summed E-state index contributed by atoms with van der Waals surface area (Å²) < 4.78 is 2.01. The van der Waals surface area contributed by atoms with E-state index in [0.29, 0.717) is 6.04 Å². The molecule has 1 N–H and O–H groups in total. The zero-order chi connectivity index (χ0) is 10.7. The van der Waals surface area contributed by atoms with E-state index in [2.05, 4.69) is 30.6 Å². The van der Waals surface area contributed by atoms with Gasteiger partial charge in [-0.25, -0.2) is 0 Å². The van der Waals surface area contributed by atoms with Crippen molar-refractivity contribution in [2.75, 3.05) is 7.05 Å². The van der Waals surface area contributed by atoms with Crippen LogP contribution < -0.4 is 5.32 Å². The first-order valence-corrected chi connectivity index (χ1v) is 6.04. The van der Waals surface area contributed by atoms with Gasteiger partial charge in [0.1, 0.15) is 0 Å². The predicted octanol–water partition coefficient (Wildman–Crippen LogP) is 2.35. The molecule has 1 aliphatic rings. The molecule has 0 aromatic carbocycles. The minimum atomic E-state index is 0.507. The summed E-state index contributed by atoms with van der Waals surface area (Å²) in [4.78, 5) is 0. The highest BCUT2D eigenvalue weighted by Gasteiger charge is 2.25. The normalized spacial score (nSPS) is 19.6. The highest BCUT2D eigenvalue weighted by Crippen LogP contribution is 2.35. The third-order valence-electron chi connectivity index (χ3n) is 3.52. The fourth-order valence-corrected chi connectivity index (χ4v) is 2.68. The van der Waals surface area contributed by atoms with Crippen molar-refractivity contribution in [3.05, 3.63) is 18.0 Å². The van der Waals surface area contributed by atoms with Crippen molar-refractivity contribution in [1.82, 2.24) is 15.1 Å². The Labute approximate surface area is 91.9 Å². The Morgan fingerprint density at radius 2 is 2.27 bits per heavy atom. The molecule has 1 aromatic rings. The summed E-state index contributed by atoms with van der Waals surface area (Å²) in [5, 5.41) is 7.80. The summed E-state index contributed by atoms with van der Waals surface area (Å²) in [5.41, 5.74) is 1.35. The number of hydrogen-bond acceptors (Lipinski definition) is 2. The van der Waals surface area contributed by atoms with Gasteiger partial charge in [-0.15, -0.1) is 0 Å². The molecule has 1 saturated carbocycles. The lowest BCUT2D eigenvalue weighted by Crippen LogP contribution is -2.23. The highest BCUT2D eigenvalue weighted by atomic mass is 15.3. The Morgan fingerprint density at radius 1 is 1.53 bits per heavy atom. The predicted molar refractivity (Wildman–Crippen MR) is 61.7 cm³/mol. The fraction of sp³-hybridized carbons (Fsp3) is 0.750. The summed E-state index contributed by atoms with van der Waals surface area (Å²) in [6, 6.07) is 0.507.